The molecule has 0 fully saturated rings. The number of hydrogen-bond donors (Lipinski definition) is 2. The first-order chi connectivity index (χ1) is 17.0. The third-order valence-electron chi connectivity index (χ3n) is 6.02. The van der Waals surface area contributed by atoms with Crippen molar-refractivity contribution in [2.45, 2.75) is 19.5 Å². The predicted molar refractivity (Wildman–Crippen MR) is 129 cm³/mol. The first kappa shape index (κ1) is 22.5. The van der Waals surface area contributed by atoms with E-state index in [2.05, 4.69) is 5.10 Å². The lowest BCUT2D eigenvalue weighted by atomic mass is 10.0. The molecule has 0 unspecified atom stereocenters. The van der Waals surface area contributed by atoms with Crippen molar-refractivity contribution in [3.05, 3.63) is 82.4 Å². The Balaban J connectivity index is 1.71. The largest absolute Gasteiger partial charge is 0.481 e. The summed E-state index contributed by atoms with van der Waals surface area (Å²) in [5, 5.41) is 18.7. The van der Waals surface area contributed by atoms with Gasteiger partial charge in [0.1, 0.15) is 17.3 Å². The van der Waals surface area contributed by atoms with Gasteiger partial charge in [0.2, 0.25) is 0 Å². The van der Waals surface area contributed by atoms with Gasteiger partial charge in [-0.15, -0.1) is 0 Å². The van der Waals surface area contributed by atoms with Crippen LogP contribution in [-0.4, -0.2) is 43.7 Å². The Morgan fingerprint density at radius 1 is 1.03 bits per heavy atom. The number of para-hydroxylation sites is 1. The molecule has 0 radical (unpaired) electrons. The number of carboxylic acids is 1. The van der Waals surface area contributed by atoms with Gasteiger partial charge in [0.05, 0.1) is 29.9 Å². The molecule has 2 aromatic carbocycles. The molecule has 0 spiro atoms. The zero-order valence-electron chi connectivity index (χ0n) is 18.8. The van der Waals surface area contributed by atoms with Gasteiger partial charge in [-0.2, -0.15) is 14.9 Å². The van der Waals surface area contributed by atoms with Crippen molar-refractivity contribution >= 4 is 11.8 Å². The number of anilines is 1. The fourth-order valence-electron chi connectivity index (χ4n) is 4.35. The second kappa shape index (κ2) is 9.15. The minimum Gasteiger partial charge on any atom is -0.481 e. The number of nitrogens with zero attached hydrogens (tertiary/aromatic N) is 5. The monoisotopic (exact) mass is 474 g/mol. The fraction of sp³-hybridized carbons (Fsp3) is 0.200. The van der Waals surface area contributed by atoms with Crippen LogP contribution in [0.2, 0.25) is 0 Å². The third-order valence-corrected chi connectivity index (χ3v) is 6.02. The number of halogens is 1. The summed E-state index contributed by atoms with van der Waals surface area (Å²) in [6.07, 6.45) is -0.0344. The van der Waals surface area contributed by atoms with Gasteiger partial charge in [-0.3, -0.25) is 9.59 Å². The van der Waals surface area contributed by atoms with Crippen LogP contribution in [0.25, 0.3) is 28.2 Å². The first-order valence-electron chi connectivity index (χ1n) is 11.2. The van der Waals surface area contributed by atoms with Crippen molar-refractivity contribution in [3.63, 3.8) is 0 Å². The Morgan fingerprint density at radius 2 is 1.80 bits per heavy atom. The van der Waals surface area contributed by atoms with Crippen molar-refractivity contribution < 1.29 is 14.3 Å². The number of benzene rings is 2. The molecule has 4 aromatic rings. The van der Waals surface area contributed by atoms with Gasteiger partial charge >= 0.3 is 5.97 Å². The molecule has 0 aliphatic carbocycles. The molecule has 178 valence electrons. The Bertz CT molecular complexity index is 1460. The summed E-state index contributed by atoms with van der Waals surface area (Å²) in [7, 11) is 0. The average molecular weight is 474 g/mol. The lowest BCUT2D eigenvalue weighted by Crippen LogP contribution is -2.25. The number of carboxylic acid groups (broad SMARTS) is 1. The number of aliphatic carboxylic acids is 1. The fourth-order valence-corrected chi connectivity index (χ4v) is 4.35. The standard InChI is InChI=1S/C25H23FN6O3/c26-18-7-5-16(6-8-18)24-23(25-30(12-11-22(34)35)13-14-31(25)29-24)19-9-10-21(33)32(28-19)20-4-2-1-3-17(20)15-27/h1-10H,11-15,27H2,(H,34,35). The number of carbonyl (C=O) groups is 1. The molecule has 9 nitrogen and oxygen atoms in total. The number of nitrogens with two attached hydrogens (primary N) is 1. The molecule has 3 heterocycles. The summed E-state index contributed by atoms with van der Waals surface area (Å²) in [5.74, 6) is -0.543. The molecule has 10 heteroatoms. The van der Waals surface area contributed by atoms with Crippen molar-refractivity contribution in [2.24, 2.45) is 5.73 Å². The van der Waals surface area contributed by atoms with E-state index in [1.807, 2.05) is 23.1 Å². The lowest BCUT2D eigenvalue weighted by Gasteiger charge is -2.18. The molecule has 0 saturated carbocycles. The normalized spacial score (nSPS) is 12.7. The van der Waals surface area contributed by atoms with E-state index in [1.54, 1.807) is 28.9 Å². The van der Waals surface area contributed by atoms with Crippen LogP contribution in [-0.2, 0) is 17.9 Å². The zero-order valence-corrected chi connectivity index (χ0v) is 18.8. The van der Waals surface area contributed by atoms with E-state index in [1.165, 1.54) is 22.9 Å². The Hall–Kier alpha value is -4.31. The molecule has 3 N–H and O–H groups in total. The summed E-state index contributed by atoms with van der Waals surface area (Å²) in [6, 6.07) is 16.3. The van der Waals surface area contributed by atoms with Crippen LogP contribution in [0.3, 0.4) is 0 Å². The maximum Gasteiger partial charge on any atom is 0.305 e. The predicted octanol–water partition coefficient (Wildman–Crippen LogP) is 2.66. The summed E-state index contributed by atoms with van der Waals surface area (Å²) in [5.41, 5.74) is 9.32. The van der Waals surface area contributed by atoms with Crippen molar-refractivity contribution in [1.29, 1.82) is 0 Å². The van der Waals surface area contributed by atoms with E-state index < -0.39 is 5.97 Å². The lowest BCUT2D eigenvalue weighted by molar-refractivity contribution is -0.136. The van der Waals surface area contributed by atoms with Crippen LogP contribution in [0.15, 0.2) is 65.5 Å². The summed E-state index contributed by atoms with van der Waals surface area (Å²) >= 11 is 0. The van der Waals surface area contributed by atoms with E-state index in [9.17, 15) is 19.1 Å². The third kappa shape index (κ3) is 4.19. The molecule has 1 aliphatic heterocycles. The summed E-state index contributed by atoms with van der Waals surface area (Å²) in [6.45, 7) is 1.70. The van der Waals surface area contributed by atoms with E-state index in [-0.39, 0.29) is 24.3 Å². The van der Waals surface area contributed by atoms with Gasteiger partial charge in [-0.1, -0.05) is 18.2 Å². The highest BCUT2D eigenvalue weighted by Gasteiger charge is 2.30. The minimum absolute atomic E-state index is 0.0344. The Labute approximate surface area is 199 Å². The summed E-state index contributed by atoms with van der Waals surface area (Å²) < 4.78 is 16.8. The van der Waals surface area contributed by atoms with E-state index in [0.717, 1.165) is 11.4 Å². The molecular formula is C25H23FN6O3. The molecule has 1 aliphatic rings. The Morgan fingerprint density at radius 3 is 2.54 bits per heavy atom. The second-order valence-electron chi connectivity index (χ2n) is 8.21. The molecular weight excluding hydrogens is 451 g/mol. The van der Waals surface area contributed by atoms with Crippen LogP contribution in [0.1, 0.15) is 12.0 Å². The zero-order chi connectivity index (χ0) is 24.5. The van der Waals surface area contributed by atoms with Crippen LogP contribution in [0.5, 0.6) is 0 Å². The van der Waals surface area contributed by atoms with E-state index in [4.69, 9.17) is 10.8 Å². The van der Waals surface area contributed by atoms with Crippen LogP contribution in [0.4, 0.5) is 10.2 Å². The van der Waals surface area contributed by atoms with Crippen molar-refractivity contribution in [2.75, 3.05) is 18.0 Å². The number of rotatable bonds is 7. The van der Waals surface area contributed by atoms with Gasteiger partial charge in [0.25, 0.3) is 5.56 Å². The highest BCUT2D eigenvalue weighted by atomic mass is 19.1. The molecule has 5 rings (SSSR count). The second-order valence-corrected chi connectivity index (χ2v) is 8.21. The molecule has 0 saturated heterocycles. The highest BCUT2D eigenvalue weighted by molar-refractivity contribution is 5.88. The van der Waals surface area contributed by atoms with Gasteiger partial charge in [0, 0.05) is 31.3 Å². The van der Waals surface area contributed by atoms with Gasteiger partial charge in [-0.05, 0) is 42.0 Å². The van der Waals surface area contributed by atoms with Crippen LogP contribution in [0, 0.1) is 5.82 Å². The highest BCUT2D eigenvalue weighted by Crippen LogP contribution is 2.41. The van der Waals surface area contributed by atoms with Gasteiger partial charge in [0.15, 0.2) is 0 Å². The van der Waals surface area contributed by atoms with E-state index >= 15 is 0 Å². The quantitative estimate of drug-likeness (QED) is 0.423. The number of fused-ring (bicyclic) bond motifs is 1. The molecule has 0 bridgehead atoms. The minimum atomic E-state index is -0.895. The SMILES string of the molecule is NCc1ccccc1-n1nc(-c2c(-c3ccc(F)cc3)nn3c2N(CCC(=O)O)CC3)ccc1=O. The summed E-state index contributed by atoms with van der Waals surface area (Å²) in [4.78, 5) is 26.0. The first-order valence-corrected chi connectivity index (χ1v) is 11.2. The molecule has 35 heavy (non-hydrogen) atoms. The van der Waals surface area contributed by atoms with Crippen LogP contribution < -0.4 is 16.2 Å². The maximum atomic E-state index is 13.6. The van der Waals surface area contributed by atoms with Crippen molar-refractivity contribution in [1.82, 2.24) is 19.6 Å². The Kier molecular flexibility index (Phi) is 5.87. The number of aromatic nitrogens is 4. The molecule has 0 atom stereocenters. The number of hydrogen-bond acceptors (Lipinski definition) is 6. The van der Waals surface area contributed by atoms with Gasteiger partial charge < -0.3 is 15.7 Å². The average Bonchev–Trinajstić information content (AvgIpc) is 3.43. The smallest absolute Gasteiger partial charge is 0.305 e. The molecule has 0 amide bonds. The van der Waals surface area contributed by atoms with Crippen LogP contribution >= 0.6 is 0 Å². The maximum absolute atomic E-state index is 13.6. The molecule has 2 aromatic heterocycles. The van der Waals surface area contributed by atoms with E-state index in [0.29, 0.717) is 47.8 Å². The van der Waals surface area contributed by atoms with Gasteiger partial charge in [-0.25, -0.2) is 9.07 Å². The van der Waals surface area contributed by atoms with Crippen molar-refractivity contribution in [3.8, 4) is 28.2 Å². The topological polar surface area (TPSA) is 119 Å².